The van der Waals surface area contributed by atoms with Crippen LogP contribution in [0.1, 0.15) is 32.6 Å². The number of nitrogens with zero attached hydrogens (tertiary/aromatic N) is 1. The molecule has 14 heavy (non-hydrogen) atoms. The highest BCUT2D eigenvalue weighted by molar-refractivity contribution is 4.67. The second-order valence-corrected chi connectivity index (χ2v) is 4.36. The summed E-state index contributed by atoms with van der Waals surface area (Å²) >= 11 is 0. The molecule has 0 fully saturated rings. The Kier molecular flexibility index (Phi) is 8.14. The third-order valence-corrected chi connectivity index (χ3v) is 2.52. The Bertz CT molecular complexity index is 128. The molecule has 0 aromatic carbocycles. The highest BCUT2D eigenvalue weighted by atomic mass is 16.3. The van der Waals surface area contributed by atoms with Gasteiger partial charge in [0.15, 0.2) is 0 Å². The predicted octanol–water partition coefficient (Wildman–Crippen LogP) is 1.06. The quantitative estimate of drug-likeness (QED) is 0.619. The molecule has 0 aliphatic carbocycles. The van der Waals surface area contributed by atoms with Crippen molar-refractivity contribution in [3.05, 3.63) is 0 Å². The van der Waals surface area contributed by atoms with E-state index in [4.69, 9.17) is 5.73 Å². The molecule has 3 N–H and O–H groups in total. The molecule has 0 saturated heterocycles. The Morgan fingerprint density at radius 2 is 2.00 bits per heavy atom. The zero-order chi connectivity index (χ0) is 11.0. The van der Waals surface area contributed by atoms with Crippen LogP contribution in [0.25, 0.3) is 0 Å². The van der Waals surface area contributed by atoms with Crippen LogP contribution in [0, 0.1) is 5.92 Å². The van der Waals surface area contributed by atoms with Crippen LogP contribution in [0.3, 0.4) is 0 Å². The molecule has 0 aliphatic heterocycles. The maximum Gasteiger partial charge on any atom is 0.0540 e. The van der Waals surface area contributed by atoms with Crippen molar-refractivity contribution < 1.29 is 5.11 Å². The summed E-state index contributed by atoms with van der Waals surface area (Å²) in [5.74, 6) is 0.587. The van der Waals surface area contributed by atoms with E-state index in [-0.39, 0.29) is 6.10 Å². The van der Waals surface area contributed by atoms with E-state index in [1.165, 1.54) is 0 Å². The van der Waals surface area contributed by atoms with E-state index in [9.17, 15) is 5.11 Å². The lowest BCUT2D eigenvalue weighted by molar-refractivity contribution is 0.125. The summed E-state index contributed by atoms with van der Waals surface area (Å²) in [6.07, 6.45) is 3.82. The van der Waals surface area contributed by atoms with Crippen molar-refractivity contribution in [3.8, 4) is 0 Å². The number of hydrogen-bond donors (Lipinski definition) is 2. The molecule has 1 unspecified atom stereocenters. The van der Waals surface area contributed by atoms with Gasteiger partial charge in [0.1, 0.15) is 0 Å². The first-order valence-corrected chi connectivity index (χ1v) is 5.63. The molecule has 0 amide bonds. The van der Waals surface area contributed by atoms with E-state index in [2.05, 4.69) is 19.0 Å². The molecular formula is C11H26N2O. The zero-order valence-corrected chi connectivity index (χ0v) is 9.87. The molecule has 0 saturated carbocycles. The molecule has 3 heteroatoms. The van der Waals surface area contributed by atoms with E-state index in [1.807, 2.05) is 6.92 Å². The monoisotopic (exact) mass is 202 g/mol. The second kappa shape index (κ2) is 8.21. The van der Waals surface area contributed by atoms with Gasteiger partial charge < -0.3 is 15.7 Å². The van der Waals surface area contributed by atoms with Crippen LogP contribution >= 0.6 is 0 Å². The molecule has 0 radical (unpaired) electrons. The van der Waals surface area contributed by atoms with Gasteiger partial charge in [0.25, 0.3) is 0 Å². The molecule has 0 rings (SSSR count). The summed E-state index contributed by atoms with van der Waals surface area (Å²) in [6.45, 7) is 3.84. The Morgan fingerprint density at radius 3 is 2.43 bits per heavy atom. The van der Waals surface area contributed by atoms with Crippen molar-refractivity contribution in [2.75, 3.05) is 27.2 Å². The predicted molar refractivity (Wildman–Crippen MR) is 61.2 cm³/mol. The largest absolute Gasteiger partial charge is 0.393 e. The van der Waals surface area contributed by atoms with Crippen LogP contribution in [0.5, 0.6) is 0 Å². The van der Waals surface area contributed by atoms with Gasteiger partial charge >= 0.3 is 0 Å². The van der Waals surface area contributed by atoms with Crippen molar-refractivity contribution in [1.29, 1.82) is 0 Å². The standard InChI is InChI=1S/C11H26N2O/c1-4-11(14)8-10(6-5-7-12)9-13(2)3/h10-11,14H,4-9,12H2,1-3H3/t10?,11-/m1/s1. The Labute approximate surface area is 88.3 Å². The van der Waals surface area contributed by atoms with Gasteiger partial charge in [0, 0.05) is 6.54 Å². The van der Waals surface area contributed by atoms with Crippen LogP contribution in [-0.2, 0) is 0 Å². The molecule has 0 heterocycles. The highest BCUT2D eigenvalue weighted by Crippen LogP contribution is 2.15. The van der Waals surface area contributed by atoms with E-state index in [0.29, 0.717) is 5.92 Å². The van der Waals surface area contributed by atoms with Crippen molar-refractivity contribution in [3.63, 3.8) is 0 Å². The van der Waals surface area contributed by atoms with Gasteiger partial charge in [-0.1, -0.05) is 6.92 Å². The average Bonchev–Trinajstić information content (AvgIpc) is 2.13. The minimum Gasteiger partial charge on any atom is -0.393 e. The number of rotatable bonds is 8. The molecule has 0 aromatic rings. The smallest absolute Gasteiger partial charge is 0.0540 e. The number of aliphatic hydroxyl groups excluding tert-OH is 1. The summed E-state index contributed by atoms with van der Waals surface area (Å²) in [7, 11) is 4.15. The third kappa shape index (κ3) is 7.30. The van der Waals surface area contributed by atoms with E-state index in [1.54, 1.807) is 0 Å². The van der Waals surface area contributed by atoms with Crippen molar-refractivity contribution in [2.45, 2.75) is 38.7 Å². The molecule has 0 bridgehead atoms. The fourth-order valence-corrected chi connectivity index (χ4v) is 1.76. The van der Waals surface area contributed by atoms with E-state index < -0.39 is 0 Å². The molecule has 86 valence electrons. The van der Waals surface area contributed by atoms with Crippen LogP contribution in [0.2, 0.25) is 0 Å². The lowest BCUT2D eigenvalue weighted by Gasteiger charge is -2.22. The topological polar surface area (TPSA) is 49.5 Å². The summed E-state index contributed by atoms with van der Waals surface area (Å²) in [4.78, 5) is 2.18. The fourth-order valence-electron chi connectivity index (χ4n) is 1.76. The summed E-state index contributed by atoms with van der Waals surface area (Å²) in [6, 6.07) is 0. The maximum absolute atomic E-state index is 9.59. The van der Waals surface area contributed by atoms with Crippen LogP contribution < -0.4 is 5.73 Å². The van der Waals surface area contributed by atoms with Crippen molar-refractivity contribution in [2.24, 2.45) is 11.7 Å². The SMILES string of the molecule is CC[C@@H](O)CC(CCCN)CN(C)C. The average molecular weight is 202 g/mol. The Balaban J connectivity index is 3.83. The van der Waals surface area contributed by atoms with Crippen LogP contribution in [-0.4, -0.2) is 43.3 Å². The summed E-state index contributed by atoms with van der Waals surface area (Å²) in [5.41, 5.74) is 5.49. The maximum atomic E-state index is 9.59. The number of nitrogens with two attached hydrogens (primary N) is 1. The van der Waals surface area contributed by atoms with Gasteiger partial charge in [0.2, 0.25) is 0 Å². The molecule has 0 aliphatic rings. The van der Waals surface area contributed by atoms with Gasteiger partial charge in [-0.2, -0.15) is 0 Å². The first-order valence-electron chi connectivity index (χ1n) is 5.63. The molecule has 0 aromatic heterocycles. The van der Waals surface area contributed by atoms with Crippen molar-refractivity contribution in [1.82, 2.24) is 4.90 Å². The van der Waals surface area contributed by atoms with Crippen LogP contribution in [0.4, 0.5) is 0 Å². The highest BCUT2D eigenvalue weighted by Gasteiger charge is 2.13. The minimum atomic E-state index is -0.141. The van der Waals surface area contributed by atoms with Gasteiger partial charge in [0.05, 0.1) is 6.10 Å². The van der Waals surface area contributed by atoms with Crippen molar-refractivity contribution >= 4 is 0 Å². The zero-order valence-electron chi connectivity index (χ0n) is 9.87. The lowest BCUT2D eigenvalue weighted by atomic mass is 9.95. The Morgan fingerprint density at radius 1 is 1.36 bits per heavy atom. The first kappa shape index (κ1) is 13.9. The number of aliphatic hydroxyl groups is 1. The van der Waals surface area contributed by atoms with Crippen LogP contribution in [0.15, 0.2) is 0 Å². The normalized spacial score (nSPS) is 15.9. The summed E-state index contributed by atoms with van der Waals surface area (Å²) in [5, 5.41) is 9.59. The second-order valence-electron chi connectivity index (χ2n) is 4.36. The third-order valence-electron chi connectivity index (χ3n) is 2.52. The lowest BCUT2D eigenvalue weighted by Crippen LogP contribution is -2.25. The molecule has 3 nitrogen and oxygen atoms in total. The Hall–Kier alpha value is -0.120. The fraction of sp³-hybridized carbons (Fsp3) is 1.00. The first-order chi connectivity index (χ1) is 6.60. The van der Waals surface area contributed by atoms with E-state index in [0.717, 1.165) is 38.8 Å². The van der Waals surface area contributed by atoms with Gasteiger partial charge in [-0.3, -0.25) is 0 Å². The van der Waals surface area contributed by atoms with E-state index >= 15 is 0 Å². The van der Waals surface area contributed by atoms with Gasteiger partial charge in [-0.15, -0.1) is 0 Å². The molecular weight excluding hydrogens is 176 g/mol. The molecule has 2 atom stereocenters. The molecule has 0 spiro atoms. The minimum absolute atomic E-state index is 0.141. The number of hydrogen-bond acceptors (Lipinski definition) is 3. The van der Waals surface area contributed by atoms with Gasteiger partial charge in [-0.05, 0) is 52.2 Å². The van der Waals surface area contributed by atoms with Gasteiger partial charge in [-0.25, -0.2) is 0 Å². The summed E-state index contributed by atoms with van der Waals surface area (Å²) < 4.78 is 0.